The molecule has 3 aromatic carbocycles. The Hall–Kier alpha value is -2.58. The first-order chi connectivity index (χ1) is 12.9. The minimum atomic E-state index is -2.58. The zero-order valence-corrected chi connectivity index (χ0v) is 16.0. The highest BCUT2D eigenvalue weighted by Gasteiger charge is 2.44. The molecule has 3 aromatic rings. The van der Waals surface area contributed by atoms with Gasteiger partial charge in [-0.3, -0.25) is 0 Å². The van der Waals surface area contributed by atoms with E-state index in [1.54, 1.807) is 0 Å². The van der Waals surface area contributed by atoms with Crippen molar-refractivity contribution in [3.8, 4) is 0 Å². The summed E-state index contributed by atoms with van der Waals surface area (Å²) in [5, 5.41) is 3.89. The zero-order chi connectivity index (χ0) is 17.7. The minimum Gasteiger partial charge on any atom is -0.534 e. The molecule has 0 fully saturated rings. The lowest BCUT2D eigenvalue weighted by molar-refractivity contribution is 0.392. The van der Waals surface area contributed by atoms with Crippen LogP contribution in [0.4, 0.5) is 0 Å². The maximum absolute atomic E-state index is 7.04. The van der Waals surface area contributed by atoms with Crippen LogP contribution in [0.15, 0.2) is 103 Å². The van der Waals surface area contributed by atoms with Gasteiger partial charge in [-0.05, 0) is 40.9 Å². The minimum absolute atomic E-state index is 1.04. The van der Waals surface area contributed by atoms with Gasteiger partial charge in [-0.2, -0.15) is 0 Å². The zero-order valence-electron chi connectivity index (χ0n) is 15.0. The number of allylic oxidation sites excluding steroid dienone is 2. The van der Waals surface area contributed by atoms with Crippen molar-refractivity contribution in [3.63, 3.8) is 0 Å². The summed E-state index contributed by atoms with van der Waals surface area (Å²) in [4.78, 5) is 0. The van der Waals surface area contributed by atoms with Gasteiger partial charge in [0.1, 0.15) is 0 Å². The van der Waals surface area contributed by atoms with E-state index in [2.05, 4.69) is 97.1 Å². The lowest BCUT2D eigenvalue weighted by Crippen LogP contribution is -2.69. The largest absolute Gasteiger partial charge is 0.534 e. The molecule has 26 heavy (non-hydrogen) atoms. The van der Waals surface area contributed by atoms with Crippen LogP contribution in [0.1, 0.15) is 25.7 Å². The van der Waals surface area contributed by atoms with Crippen LogP contribution in [-0.2, 0) is 4.43 Å². The van der Waals surface area contributed by atoms with Crippen LogP contribution in [0.25, 0.3) is 0 Å². The molecule has 0 spiro atoms. The molecule has 0 atom stereocenters. The molecule has 0 aliphatic heterocycles. The van der Waals surface area contributed by atoms with Gasteiger partial charge in [0, 0.05) is 6.42 Å². The van der Waals surface area contributed by atoms with Crippen molar-refractivity contribution >= 4 is 23.9 Å². The van der Waals surface area contributed by atoms with Crippen molar-refractivity contribution in [2.24, 2.45) is 0 Å². The fourth-order valence-corrected chi connectivity index (χ4v) is 7.71. The summed E-state index contributed by atoms with van der Waals surface area (Å²) in [7, 11) is -2.58. The Labute approximate surface area is 157 Å². The highest BCUT2D eigenvalue weighted by molar-refractivity contribution is 7.07. The number of hydrogen-bond donors (Lipinski definition) is 0. The molecular formula is C24H24OSi. The van der Waals surface area contributed by atoms with E-state index in [1.807, 2.05) is 0 Å². The second-order valence-electron chi connectivity index (χ2n) is 6.80. The van der Waals surface area contributed by atoms with E-state index in [9.17, 15) is 0 Å². The molecule has 0 saturated carbocycles. The van der Waals surface area contributed by atoms with E-state index < -0.39 is 8.32 Å². The molecule has 0 unspecified atom stereocenters. The molecule has 0 amide bonds. The second kappa shape index (κ2) is 7.75. The van der Waals surface area contributed by atoms with E-state index in [0.717, 1.165) is 12.8 Å². The average molecular weight is 357 g/mol. The lowest BCUT2D eigenvalue weighted by atomic mass is 10.1. The Morgan fingerprint density at radius 2 is 1.04 bits per heavy atom. The summed E-state index contributed by atoms with van der Waals surface area (Å²) in [6, 6.07) is 32.4. The highest BCUT2D eigenvalue weighted by Crippen LogP contribution is 2.23. The van der Waals surface area contributed by atoms with Gasteiger partial charge in [-0.15, -0.1) is 0 Å². The number of benzene rings is 3. The molecule has 1 nitrogen and oxygen atoms in total. The molecule has 0 aromatic heterocycles. The average Bonchev–Trinajstić information content (AvgIpc) is 2.75. The standard InChI is InChI=1S/C24H24OSi/c1-5-13-21(14-6-1)25-26(22-15-7-2-8-16-22,23-17-9-3-10-18-23)24-19-11-4-12-20-24/h2-4,7-13,15-20H,1,5-6,14H2. The summed E-state index contributed by atoms with van der Waals surface area (Å²) < 4.78 is 7.04. The first-order valence-corrected chi connectivity index (χ1v) is 11.3. The van der Waals surface area contributed by atoms with Crippen LogP contribution in [0.3, 0.4) is 0 Å². The highest BCUT2D eigenvalue weighted by atomic mass is 28.4. The van der Waals surface area contributed by atoms with Gasteiger partial charge in [0.2, 0.25) is 0 Å². The van der Waals surface area contributed by atoms with Gasteiger partial charge in [0.25, 0.3) is 0 Å². The van der Waals surface area contributed by atoms with Crippen molar-refractivity contribution in [1.82, 2.24) is 0 Å². The Balaban J connectivity index is 1.95. The molecule has 1 aliphatic carbocycles. The van der Waals surface area contributed by atoms with Crippen LogP contribution in [-0.4, -0.2) is 8.32 Å². The predicted octanol–water partition coefficient (Wildman–Crippen LogP) is 4.13. The molecule has 0 N–H and O–H groups in total. The van der Waals surface area contributed by atoms with Gasteiger partial charge in [0.05, 0.1) is 5.76 Å². The van der Waals surface area contributed by atoms with Gasteiger partial charge in [0.15, 0.2) is 0 Å². The van der Waals surface area contributed by atoms with Crippen LogP contribution in [0.2, 0.25) is 0 Å². The van der Waals surface area contributed by atoms with Gasteiger partial charge in [-0.1, -0.05) is 91.0 Å². The first kappa shape index (κ1) is 16.9. The van der Waals surface area contributed by atoms with Crippen LogP contribution < -0.4 is 15.6 Å². The molecule has 1 aliphatic rings. The molecule has 0 heterocycles. The Morgan fingerprint density at radius 1 is 0.577 bits per heavy atom. The van der Waals surface area contributed by atoms with Gasteiger partial charge >= 0.3 is 8.32 Å². The number of rotatable bonds is 5. The van der Waals surface area contributed by atoms with E-state index in [-0.39, 0.29) is 0 Å². The van der Waals surface area contributed by atoms with Crippen molar-refractivity contribution < 1.29 is 4.43 Å². The Morgan fingerprint density at radius 3 is 1.42 bits per heavy atom. The van der Waals surface area contributed by atoms with E-state index in [0.29, 0.717) is 0 Å². The maximum atomic E-state index is 7.04. The molecule has 130 valence electrons. The topological polar surface area (TPSA) is 9.23 Å². The molecular weight excluding hydrogens is 332 g/mol. The fourth-order valence-electron chi connectivity index (χ4n) is 3.79. The Bertz CT molecular complexity index is 760. The molecule has 0 saturated heterocycles. The normalized spacial score (nSPS) is 14.5. The third-order valence-electron chi connectivity index (χ3n) is 5.07. The monoisotopic (exact) mass is 356 g/mol. The molecule has 2 heteroatoms. The van der Waals surface area contributed by atoms with E-state index in [4.69, 9.17) is 4.43 Å². The SMILES string of the molecule is C1=C(O[Si](c2ccccc2)(c2ccccc2)c2ccccc2)CCCC1. The van der Waals surface area contributed by atoms with Gasteiger partial charge < -0.3 is 4.43 Å². The van der Waals surface area contributed by atoms with Crippen molar-refractivity contribution in [3.05, 3.63) is 103 Å². The fraction of sp³-hybridized carbons (Fsp3) is 0.167. The third kappa shape index (κ3) is 3.25. The summed E-state index contributed by atoms with van der Waals surface area (Å²) >= 11 is 0. The Kier molecular flexibility index (Phi) is 5.03. The van der Waals surface area contributed by atoms with Crippen molar-refractivity contribution in [2.45, 2.75) is 25.7 Å². The summed E-state index contributed by atoms with van der Waals surface area (Å²) in [5.41, 5.74) is 0. The lowest BCUT2D eigenvalue weighted by Gasteiger charge is -2.35. The van der Waals surface area contributed by atoms with E-state index >= 15 is 0 Å². The van der Waals surface area contributed by atoms with Crippen LogP contribution >= 0.6 is 0 Å². The predicted molar refractivity (Wildman–Crippen MR) is 112 cm³/mol. The van der Waals surface area contributed by atoms with Crippen LogP contribution in [0, 0.1) is 0 Å². The van der Waals surface area contributed by atoms with Crippen LogP contribution in [0.5, 0.6) is 0 Å². The number of hydrogen-bond acceptors (Lipinski definition) is 1. The van der Waals surface area contributed by atoms with Gasteiger partial charge in [-0.25, -0.2) is 0 Å². The van der Waals surface area contributed by atoms with Crippen molar-refractivity contribution in [2.75, 3.05) is 0 Å². The second-order valence-corrected chi connectivity index (χ2v) is 10.1. The molecule has 0 bridgehead atoms. The quantitative estimate of drug-likeness (QED) is 0.493. The summed E-state index contributed by atoms with van der Waals surface area (Å²) in [5.74, 6) is 1.17. The van der Waals surface area contributed by atoms with Crippen molar-refractivity contribution in [1.29, 1.82) is 0 Å². The summed E-state index contributed by atoms with van der Waals surface area (Å²) in [6.07, 6.45) is 6.96. The maximum Gasteiger partial charge on any atom is 0.346 e. The molecule has 0 radical (unpaired) electrons. The smallest absolute Gasteiger partial charge is 0.346 e. The van der Waals surface area contributed by atoms with E-state index in [1.165, 1.54) is 34.2 Å². The molecule has 4 rings (SSSR count). The summed E-state index contributed by atoms with van der Waals surface area (Å²) in [6.45, 7) is 0. The third-order valence-corrected chi connectivity index (χ3v) is 9.08. The first-order valence-electron chi connectivity index (χ1n) is 9.44.